The molecule has 4 rings (SSSR count). The molecule has 1 fully saturated rings. The summed E-state index contributed by atoms with van der Waals surface area (Å²) >= 11 is 0. The Morgan fingerprint density at radius 1 is 1.23 bits per heavy atom. The fourth-order valence-corrected chi connectivity index (χ4v) is 3.51. The molecule has 0 saturated carbocycles. The van der Waals surface area contributed by atoms with E-state index in [0.29, 0.717) is 0 Å². The van der Waals surface area contributed by atoms with Crippen molar-refractivity contribution in [1.29, 1.82) is 0 Å². The predicted molar refractivity (Wildman–Crippen MR) is 101 cm³/mol. The van der Waals surface area contributed by atoms with Gasteiger partial charge in [-0.25, -0.2) is 4.98 Å². The first-order chi connectivity index (χ1) is 12.6. The van der Waals surface area contributed by atoms with Crippen LogP contribution in [0.3, 0.4) is 0 Å². The van der Waals surface area contributed by atoms with Gasteiger partial charge in [0.2, 0.25) is 5.91 Å². The fourth-order valence-electron chi connectivity index (χ4n) is 3.51. The molecule has 0 unspecified atom stereocenters. The number of likely N-dealkylation sites (tertiary alicyclic amines) is 1. The van der Waals surface area contributed by atoms with Gasteiger partial charge in [-0.1, -0.05) is 30.3 Å². The van der Waals surface area contributed by atoms with E-state index in [1.54, 1.807) is 17.5 Å². The molecule has 2 aromatic heterocycles. The van der Waals surface area contributed by atoms with E-state index < -0.39 is 0 Å². The fraction of sp³-hybridized carbons (Fsp3) is 0.238. The molecule has 0 bridgehead atoms. The van der Waals surface area contributed by atoms with Gasteiger partial charge in [0.15, 0.2) is 0 Å². The number of benzene rings is 1. The average Bonchev–Trinajstić information content (AvgIpc) is 3.37. The van der Waals surface area contributed by atoms with E-state index >= 15 is 0 Å². The standard InChI is InChI=1S/C21H21N3O2/c1-15(13-17-9-6-12-26-17)20-19(16-7-4-3-5-8-16)22-14-24(20)18-10-11-23(2)21(18)25/h3-9,12-14,18H,10-11H2,1-2H3/b15-13+/t18-/m1/s1. The molecule has 0 radical (unpaired) electrons. The molecule has 5 nitrogen and oxygen atoms in total. The summed E-state index contributed by atoms with van der Waals surface area (Å²) in [6.45, 7) is 2.80. The van der Waals surface area contributed by atoms with Crippen LogP contribution in [0.2, 0.25) is 0 Å². The van der Waals surface area contributed by atoms with Crippen molar-refractivity contribution < 1.29 is 9.21 Å². The molecule has 0 spiro atoms. The third-order valence-electron chi connectivity index (χ3n) is 4.85. The number of rotatable bonds is 4. The molecule has 1 aliphatic rings. The zero-order valence-corrected chi connectivity index (χ0v) is 14.9. The number of imidazole rings is 1. The summed E-state index contributed by atoms with van der Waals surface area (Å²) in [7, 11) is 1.85. The third-order valence-corrected chi connectivity index (χ3v) is 4.85. The van der Waals surface area contributed by atoms with Gasteiger partial charge in [-0.2, -0.15) is 0 Å². The highest BCUT2D eigenvalue weighted by Gasteiger charge is 2.33. The summed E-state index contributed by atoms with van der Waals surface area (Å²) in [5, 5.41) is 0. The number of carbonyl (C=O) groups is 1. The lowest BCUT2D eigenvalue weighted by Gasteiger charge is -2.16. The minimum Gasteiger partial charge on any atom is -0.465 e. The molecule has 1 aromatic carbocycles. The summed E-state index contributed by atoms with van der Waals surface area (Å²) in [5.74, 6) is 0.915. The van der Waals surface area contributed by atoms with Crippen LogP contribution in [0.25, 0.3) is 22.9 Å². The Kier molecular flexibility index (Phi) is 4.21. The van der Waals surface area contributed by atoms with Crippen LogP contribution in [0, 0.1) is 0 Å². The quantitative estimate of drug-likeness (QED) is 0.714. The van der Waals surface area contributed by atoms with E-state index in [4.69, 9.17) is 4.42 Å². The first-order valence-corrected chi connectivity index (χ1v) is 8.74. The van der Waals surface area contributed by atoms with Crippen molar-refractivity contribution in [3.63, 3.8) is 0 Å². The number of likely N-dealkylation sites (N-methyl/N-ethyl adjacent to an activating group) is 1. The van der Waals surface area contributed by atoms with Crippen LogP contribution in [0.5, 0.6) is 0 Å². The van der Waals surface area contributed by atoms with Crippen molar-refractivity contribution in [3.8, 4) is 11.3 Å². The minimum absolute atomic E-state index is 0.133. The molecule has 3 heterocycles. The van der Waals surface area contributed by atoms with Crippen LogP contribution in [0.15, 0.2) is 59.5 Å². The van der Waals surface area contributed by atoms with Crippen molar-refractivity contribution >= 4 is 17.6 Å². The molecular formula is C21H21N3O2. The molecule has 26 heavy (non-hydrogen) atoms. The summed E-state index contributed by atoms with van der Waals surface area (Å²) in [6, 6.07) is 13.6. The largest absolute Gasteiger partial charge is 0.465 e. The minimum atomic E-state index is -0.208. The number of nitrogens with zero attached hydrogens (tertiary/aromatic N) is 3. The molecule has 1 amide bonds. The van der Waals surface area contributed by atoms with Gasteiger partial charge in [-0.3, -0.25) is 4.79 Å². The Hall–Kier alpha value is -3.08. The van der Waals surface area contributed by atoms with Crippen LogP contribution in [-0.2, 0) is 4.79 Å². The van der Waals surface area contributed by atoms with Gasteiger partial charge in [0.05, 0.1) is 24.0 Å². The normalized spacial score (nSPS) is 17.9. The SMILES string of the molecule is C/C(=C\c1ccco1)c1c(-c2ccccc2)ncn1[C@@H]1CCN(C)C1=O. The molecular weight excluding hydrogens is 326 g/mol. The highest BCUT2D eigenvalue weighted by molar-refractivity contribution is 5.87. The zero-order valence-electron chi connectivity index (χ0n) is 14.9. The van der Waals surface area contributed by atoms with E-state index in [2.05, 4.69) is 4.98 Å². The van der Waals surface area contributed by atoms with E-state index in [-0.39, 0.29) is 11.9 Å². The van der Waals surface area contributed by atoms with Crippen molar-refractivity contribution in [2.75, 3.05) is 13.6 Å². The highest BCUT2D eigenvalue weighted by atomic mass is 16.3. The van der Waals surface area contributed by atoms with Crippen molar-refractivity contribution in [2.24, 2.45) is 0 Å². The Bertz CT molecular complexity index is 939. The zero-order chi connectivity index (χ0) is 18.1. The first-order valence-electron chi connectivity index (χ1n) is 8.74. The third kappa shape index (κ3) is 2.86. The molecule has 0 N–H and O–H groups in total. The number of furan rings is 1. The Morgan fingerprint density at radius 2 is 2.04 bits per heavy atom. The van der Waals surface area contributed by atoms with Gasteiger partial charge >= 0.3 is 0 Å². The lowest BCUT2D eigenvalue weighted by atomic mass is 10.0. The van der Waals surface area contributed by atoms with Crippen LogP contribution in [0.4, 0.5) is 0 Å². The van der Waals surface area contributed by atoms with Gasteiger partial charge in [-0.05, 0) is 37.1 Å². The van der Waals surface area contributed by atoms with Crippen molar-refractivity contribution in [1.82, 2.24) is 14.5 Å². The highest BCUT2D eigenvalue weighted by Crippen LogP contribution is 2.34. The van der Waals surface area contributed by atoms with Crippen LogP contribution < -0.4 is 0 Å². The summed E-state index contributed by atoms with van der Waals surface area (Å²) in [5.41, 5.74) is 3.89. The molecule has 1 atom stereocenters. The van der Waals surface area contributed by atoms with Crippen LogP contribution in [0.1, 0.15) is 30.8 Å². The molecule has 132 valence electrons. The van der Waals surface area contributed by atoms with Crippen LogP contribution in [-0.4, -0.2) is 34.0 Å². The predicted octanol–water partition coefficient (Wildman–Crippen LogP) is 4.11. The average molecular weight is 347 g/mol. The number of hydrogen-bond acceptors (Lipinski definition) is 3. The van der Waals surface area contributed by atoms with Gasteiger partial charge in [-0.15, -0.1) is 0 Å². The van der Waals surface area contributed by atoms with E-state index in [9.17, 15) is 4.79 Å². The van der Waals surface area contributed by atoms with Gasteiger partial charge in [0.25, 0.3) is 0 Å². The second-order valence-electron chi connectivity index (χ2n) is 6.62. The van der Waals surface area contributed by atoms with Gasteiger partial charge in [0.1, 0.15) is 11.8 Å². The molecule has 1 saturated heterocycles. The molecule has 0 aliphatic carbocycles. The molecule has 1 aliphatic heterocycles. The second-order valence-corrected chi connectivity index (χ2v) is 6.62. The lowest BCUT2D eigenvalue weighted by molar-refractivity contribution is -0.129. The number of amides is 1. The van der Waals surface area contributed by atoms with E-state index in [1.165, 1.54) is 0 Å². The lowest BCUT2D eigenvalue weighted by Crippen LogP contribution is -2.24. The van der Waals surface area contributed by atoms with Crippen molar-refractivity contribution in [2.45, 2.75) is 19.4 Å². The maximum atomic E-state index is 12.6. The Labute approximate surface area is 152 Å². The van der Waals surface area contributed by atoms with Crippen molar-refractivity contribution in [3.05, 3.63) is 66.5 Å². The van der Waals surface area contributed by atoms with Crippen LogP contribution >= 0.6 is 0 Å². The maximum Gasteiger partial charge on any atom is 0.245 e. The summed E-state index contributed by atoms with van der Waals surface area (Å²) in [6.07, 6.45) is 6.23. The molecule has 5 heteroatoms. The Balaban J connectivity index is 1.85. The first kappa shape index (κ1) is 16.4. The Morgan fingerprint density at radius 3 is 2.69 bits per heavy atom. The summed E-state index contributed by atoms with van der Waals surface area (Å²) < 4.78 is 7.49. The monoisotopic (exact) mass is 347 g/mol. The maximum absolute atomic E-state index is 12.6. The van der Waals surface area contributed by atoms with Gasteiger partial charge in [0, 0.05) is 19.2 Å². The number of carbonyl (C=O) groups excluding carboxylic acids is 1. The summed E-state index contributed by atoms with van der Waals surface area (Å²) in [4.78, 5) is 19.0. The topological polar surface area (TPSA) is 51.3 Å². The second kappa shape index (κ2) is 6.67. The number of aromatic nitrogens is 2. The molecule has 3 aromatic rings. The number of allylic oxidation sites excluding steroid dienone is 1. The van der Waals surface area contributed by atoms with E-state index in [1.807, 2.05) is 67.1 Å². The number of hydrogen-bond donors (Lipinski definition) is 0. The smallest absolute Gasteiger partial charge is 0.245 e. The van der Waals surface area contributed by atoms with E-state index in [0.717, 1.165) is 41.3 Å². The van der Waals surface area contributed by atoms with Gasteiger partial charge < -0.3 is 13.9 Å².